The fraction of sp³-hybridized carbons (Fsp3) is 0.857. The summed E-state index contributed by atoms with van der Waals surface area (Å²) in [5.41, 5.74) is 1.10. The van der Waals surface area contributed by atoms with Gasteiger partial charge in [0.2, 0.25) is 0 Å². The lowest BCUT2D eigenvalue weighted by Gasteiger charge is -2.26. The van der Waals surface area contributed by atoms with Gasteiger partial charge in [-0.3, -0.25) is 0 Å². The van der Waals surface area contributed by atoms with Gasteiger partial charge in [-0.05, 0) is 38.1 Å². The first-order valence-electron chi connectivity index (χ1n) is 6.61. The number of nitrogens with one attached hydrogen (secondary N) is 1. The van der Waals surface area contributed by atoms with Crippen LogP contribution in [0.15, 0.2) is 12.2 Å². The quantitative estimate of drug-likeness (QED) is 0.531. The van der Waals surface area contributed by atoms with Crippen LogP contribution in [-0.2, 0) is 4.74 Å². The van der Waals surface area contributed by atoms with Crippen molar-refractivity contribution in [3.63, 3.8) is 0 Å². The molecule has 0 aromatic heterocycles. The Labute approximate surface area is 100 Å². The van der Waals surface area contributed by atoms with E-state index in [1.54, 1.807) is 0 Å². The van der Waals surface area contributed by atoms with E-state index in [2.05, 4.69) is 18.8 Å². The summed E-state index contributed by atoms with van der Waals surface area (Å²) in [5, 5.41) is 3.49. The second kappa shape index (κ2) is 7.86. The predicted molar refractivity (Wildman–Crippen MR) is 69.6 cm³/mol. The fourth-order valence-electron chi connectivity index (χ4n) is 2.23. The number of hydrogen-bond acceptors (Lipinski definition) is 2. The zero-order valence-electron chi connectivity index (χ0n) is 10.9. The lowest BCUT2D eigenvalue weighted by Crippen LogP contribution is -2.28. The van der Waals surface area contributed by atoms with Crippen molar-refractivity contribution in [2.24, 2.45) is 11.8 Å². The predicted octanol–water partition coefficient (Wildman–Crippen LogP) is 3.00. The molecule has 0 aliphatic heterocycles. The summed E-state index contributed by atoms with van der Waals surface area (Å²) in [6.07, 6.45) is 5.64. The first-order valence-corrected chi connectivity index (χ1v) is 6.61. The van der Waals surface area contributed by atoms with Crippen molar-refractivity contribution < 1.29 is 4.74 Å². The largest absolute Gasteiger partial charge is 0.376 e. The van der Waals surface area contributed by atoms with Gasteiger partial charge in [-0.2, -0.15) is 0 Å². The summed E-state index contributed by atoms with van der Waals surface area (Å²) in [5.74, 6) is 1.85. The summed E-state index contributed by atoms with van der Waals surface area (Å²) < 4.78 is 5.44. The van der Waals surface area contributed by atoms with Crippen molar-refractivity contribution in [3.8, 4) is 0 Å². The molecule has 0 heterocycles. The van der Waals surface area contributed by atoms with Crippen LogP contribution in [0, 0.1) is 11.8 Å². The normalized spacial score (nSPS) is 25.6. The van der Waals surface area contributed by atoms with Gasteiger partial charge < -0.3 is 10.1 Å². The Morgan fingerprint density at radius 2 is 2.00 bits per heavy atom. The monoisotopic (exact) mass is 225 g/mol. The SMILES string of the molecule is C=C(C)COCCNCC1CCC(C)CC1. The van der Waals surface area contributed by atoms with Crippen LogP contribution in [0.3, 0.4) is 0 Å². The highest BCUT2D eigenvalue weighted by molar-refractivity contribution is 4.87. The highest BCUT2D eigenvalue weighted by Crippen LogP contribution is 2.27. The molecule has 0 spiro atoms. The molecular formula is C14H27NO. The van der Waals surface area contributed by atoms with Gasteiger partial charge in [0.05, 0.1) is 13.2 Å². The Morgan fingerprint density at radius 3 is 2.62 bits per heavy atom. The van der Waals surface area contributed by atoms with E-state index in [0.717, 1.165) is 30.6 Å². The van der Waals surface area contributed by atoms with Gasteiger partial charge in [0, 0.05) is 6.54 Å². The lowest BCUT2D eigenvalue weighted by molar-refractivity contribution is 0.155. The van der Waals surface area contributed by atoms with E-state index in [4.69, 9.17) is 4.74 Å². The zero-order chi connectivity index (χ0) is 11.8. The first kappa shape index (κ1) is 13.7. The molecule has 0 aromatic carbocycles. The van der Waals surface area contributed by atoms with Gasteiger partial charge in [-0.15, -0.1) is 0 Å². The third-order valence-electron chi connectivity index (χ3n) is 3.34. The summed E-state index contributed by atoms with van der Waals surface area (Å²) in [6.45, 7) is 11.8. The highest BCUT2D eigenvalue weighted by atomic mass is 16.5. The van der Waals surface area contributed by atoms with E-state index < -0.39 is 0 Å². The van der Waals surface area contributed by atoms with Gasteiger partial charge in [-0.1, -0.05) is 31.9 Å². The van der Waals surface area contributed by atoms with Gasteiger partial charge >= 0.3 is 0 Å². The molecule has 16 heavy (non-hydrogen) atoms. The molecule has 0 atom stereocenters. The van der Waals surface area contributed by atoms with Crippen LogP contribution in [0.2, 0.25) is 0 Å². The van der Waals surface area contributed by atoms with E-state index in [1.807, 2.05) is 6.92 Å². The smallest absolute Gasteiger partial charge is 0.0672 e. The minimum Gasteiger partial charge on any atom is -0.376 e. The molecule has 1 rings (SSSR count). The molecule has 0 radical (unpaired) electrons. The lowest BCUT2D eigenvalue weighted by atomic mass is 9.83. The molecule has 0 saturated heterocycles. The Bertz CT molecular complexity index is 195. The fourth-order valence-corrected chi connectivity index (χ4v) is 2.23. The number of rotatable bonds is 7. The second-order valence-corrected chi connectivity index (χ2v) is 5.34. The van der Waals surface area contributed by atoms with Gasteiger partial charge in [0.15, 0.2) is 0 Å². The Morgan fingerprint density at radius 1 is 1.31 bits per heavy atom. The Balaban J connectivity index is 1.89. The molecule has 94 valence electrons. The van der Waals surface area contributed by atoms with E-state index in [9.17, 15) is 0 Å². The van der Waals surface area contributed by atoms with E-state index in [0.29, 0.717) is 6.61 Å². The number of hydrogen-bond donors (Lipinski definition) is 1. The van der Waals surface area contributed by atoms with Gasteiger partial charge in [0.25, 0.3) is 0 Å². The average Bonchev–Trinajstić information content (AvgIpc) is 2.25. The van der Waals surface area contributed by atoms with Crippen LogP contribution >= 0.6 is 0 Å². The van der Waals surface area contributed by atoms with Gasteiger partial charge in [0.1, 0.15) is 0 Å². The van der Waals surface area contributed by atoms with Crippen LogP contribution in [0.25, 0.3) is 0 Å². The van der Waals surface area contributed by atoms with E-state index >= 15 is 0 Å². The Kier molecular flexibility index (Phi) is 6.74. The zero-order valence-corrected chi connectivity index (χ0v) is 10.9. The third kappa shape index (κ3) is 6.29. The molecule has 2 heteroatoms. The molecule has 0 aromatic rings. The molecule has 1 N–H and O–H groups in total. The summed E-state index contributed by atoms with van der Waals surface area (Å²) in [4.78, 5) is 0. The van der Waals surface area contributed by atoms with Crippen molar-refractivity contribution in [1.82, 2.24) is 5.32 Å². The van der Waals surface area contributed by atoms with Crippen molar-refractivity contribution in [3.05, 3.63) is 12.2 Å². The maximum Gasteiger partial charge on any atom is 0.0672 e. The molecule has 2 nitrogen and oxygen atoms in total. The van der Waals surface area contributed by atoms with Crippen LogP contribution in [-0.4, -0.2) is 26.3 Å². The van der Waals surface area contributed by atoms with Crippen molar-refractivity contribution in [1.29, 1.82) is 0 Å². The molecule has 0 amide bonds. The van der Waals surface area contributed by atoms with Crippen LogP contribution in [0.4, 0.5) is 0 Å². The molecule has 0 bridgehead atoms. The third-order valence-corrected chi connectivity index (χ3v) is 3.34. The molecule has 1 saturated carbocycles. The Hall–Kier alpha value is -0.340. The molecule has 1 aliphatic rings. The average molecular weight is 225 g/mol. The summed E-state index contributed by atoms with van der Waals surface area (Å²) in [7, 11) is 0. The van der Waals surface area contributed by atoms with Crippen molar-refractivity contribution in [2.45, 2.75) is 39.5 Å². The molecular weight excluding hydrogens is 198 g/mol. The van der Waals surface area contributed by atoms with Gasteiger partial charge in [-0.25, -0.2) is 0 Å². The minimum atomic E-state index is 0.697. The summed E-state index contributed by atoms with van der Waals surface area (Å²) in [6, 6.07) is 0. The highest BCUT2D eigenvalue weighted by Gasteiger charge is 2.17. The summed E-state index contributed by atoms with van der Waals surface area (Å²) >= 11 is 0. The second-order valence-electron chi connectivity index (χ2n) is 5.34. The number of ether oxygens (including phenoxy) is 1. The molecule has 1 aliphatic carbocycles. The van der Waals surface area contributed by atoms with Crippen molar-refractivity contribution in [2.75, 3.05) is 26.3 Å². The van der Waals surface area contributed by atoms with E-state index in [1.165, 1.54) is 32.2 Å². The maximum atomic E-state index is 5.44. The van der Waals surface area contributed by atoms with Crippen LogP contribution < -0.4 is 5.32 Å². The molecule has 1 fully saturated rings. The standard InChI is InChI=1S/C14H27NO/c1-12(2)11-16-9-8-15-10-14-6-4-13(3)5-7-14/h13-15H,1,4-11H2,2-3H3. The van der Waals surface area contributed by atoms with E-state index in [-0.39, 0.29) is 0 Å². The van der Waals surface area contributed by atoms with Crippen LogP contribution in [0.5, 0.6) is 0 Å². The topological polar surface area (TPSA) is 21.3 Å². The van der Waals surface area contributed by atoms with Crippen LogP contribution in [0.1, 0.15) is 39.5 Å². The molecule has 0 unspecified atom stereocenters. The minimum absolute atomic E-state index is 0.697. The van der Waals surface area contributed by atoms with Crippen molar-refractivity contribution >= 4 is 0 Å². The maximum absolute atomic E-state index is 5.44. The first-order chi connectivity index (χ1) is 7.68.